The van der Waals surface area contributed by atoms with Gasteiger partial charge in [0.15, 0.2) is 0 Å². The zero-order valence-electron chi connectivity index (χ0n) is 14.9. The maximum Gasteiger partial charge on any atom is 0.328 e. The van der Waals surface area contributed by atoms with Crippen LogP contribution in [-0.2, 0) is 9.53 Å². The van der Waals surface area contributed by atoms with Gasteiger partial charge < -0.3 is 10.1 Å². The summed E-state index contributed by atoms with van der Waals surface area (Å²) in [5, 5.41) is 7.26. The molecule has 2 rings (SSSR count). The molecule has 0 aliphatic carbocycles. The van der Waals surface area contributed by atoms with Crippen LogP contribution in [0.4, 0.5) is 0 Å². The summed E-state index contributed by atoms with van der Waals surface area (Å²) in [5.41, 5.74) is 2.72. The van der Waals surface area contributed by atoms with Crippen LogP contribution in [0.1, 0.15) is 28.2 Å². The average Bonchev–Trinajstić information content (AvgIpc) is 2.93. The van der Waals surface area contributed by atoms with Crippen molar-refractivity contribution >= 4 is 23.6 Å². The van der Waals surface area contributed by atoms with E-state index in [4.69, 9.17) is 4.74 Å². The molecule has 25 heavy (non-hydrogen) atoms. The Kier molecular flexibility index (Phi) is 6.64. The zero-order chi connectivity index (χ0) is 18.4. The Balaban J connectivity index is 2.27. The van der Waals surface area contributed by atoms with Gasteiger partial charge in [-0.05, 0) is 44.4 Å². The van der Waals surface area contributed by atoms with E-state index in [0.717, 1.165) is 17.1 Å². The first-order chi connectivity index (χ1) is 12.0. The number of aromatic nitrogens is 2. The summed E-state index contributed by atoms with van der Waals surface area (Å²) in [6, 6.07) is 8.95. The summed E-state index contributed by atoms with van der Waals surface area (Å²) in [6.45, 7) is 3.63. The Bertz CT molecular complexity index is 744. The van der Waals surface area contributed by atoms with E-state index in [-0.39, 0.29) is 5.91 Å². The fourth-order valence-electron chi connectivity index (χ4n) is 2.65. The van der Waals surface area contributed by atoms with Crippen LogP contribution in [-0.4, -0.2) is 46.8 Å². The lowest BCUT2D eigenvalue weighted by Crippen LogP contribution is -2.42. The lowest BCUT2D eigenvalue weighted by atomic mass is 10.1. The van der Waals surface area contributed by atoms with E-state index in [1.165, 1.54) is 7.11 Å². The molecule has 1 amide bonds. The van der Waals surface area contributed by atoms with Crippen LogP contribution in [0, 0.1) is 13.8 Å². The number of hydrogen-bond donors (Lipinski definition) is 1. The summed E-state index contributed by atoms with van der Waals surface area (Å²) in [5.74, 6) is 0.00298. The molecule has 0 bridgehead atoms. The van der Waals surface area contributed by atoms with E-state index in [2.05, 4.69) is 10.4 Å². The Morgan fingerprint density at radius 1 is 1.28 bits per heavy atom. The molecule has 1 aromatic heterocycles. The van der Waals surface area contributed by atoms with Gasteiger partial charge >= 0.3 is 5.97 Å². The molecule has 1 aromatic carbocycles. The molecule has 0 fully saturated rings. The van der Waals surface area contributed by atoms with Crippen molar-refractivity contribution in [1.82, 2.24) is 15.1 Å². The highest BCUT2D eigenvalue weighted by Crippen LogP contribution is 2.18. The van der Waals surface area contributed by atoms with Crippen LogP contribution in [0.2, 0.25) is 0 Å². The van der Waals surface area contributed by atoms with Crippen LogP contribution >= 0.6 is 11.8 Å². The molecule has 1 heterocycles. The van der Waals surface area contributed by atoms with Gasteiger partial charge in [-0.25, -0.2) is 9.48 Å². The summed E-state index contributed by atoms with van der Waals surface area (Å²) in [4.78, 5) is 24.7. The van der Waals surface area contributed by atoms with Crippen molar-refractivity contribution in [3.05, 3.63) is 47.3 Å². The van der Waals surface area contributed by atoms with Gasteiger partial charge in [0, 0.05) is 0 Å². The van der Waals surface area contributed by atoms with Gasteiger partial charge in [-0.15, -0.1) is 0 Å². The lowest BCUT2D eigenvalue weighted by Gasteiger charge is -2.16. The molecular weight excluding hydrogens is 338 g/mol. The minimum Gasteiger partial charge on any atom is -0.467 e. The Morgan fingerprint density at radius 3 is 2.56 bits per heavy atom. The molecule has 6 nitrogen and oxygen atoms in total. The van der Waals surface area contributed by atoms with E-state index in [1.54, 1.807) is 23.4 Å². The number of rotatable bonds is 7. The molecule has 0 unspecified atom stereocenters. The number of nitrogens with one attached hydrogen (secondary N) is 1. The highest BCUT2D eigenvalue weighted by molar-refractivity contribution is 7.98. The predicted molar refractivity (Wildman–Crippen MR) is 99.3 cm³/mol. The molecule has 0 spiro atoms. The zero-order valence-corrected chi connectivity index (χ0v) is 15.7. The number of ether oxygens (including phenoxy) is 1. The largest absolute Gasteiger partial charge is 0.467 e. The number of esters is 1. The third-order valence-electron chi connectivity index (χ3n) is 3.92. The second-order valence-corrected chi connectivity index (χ2v) is 6.61. The van der Waals surface area contributed by atoms with Crippen molar-refractivity contribution in [1.29, 1.82) is 0 Å². The highest BCUT2D eigenvalue weighted by Gasteiger charge is 2.25. The van der Waals surface area contributed by atoms with Gasteiger partial charge in [-0.3, -0.25) is 4.79 Å². The third-order valence-corrected chi connectivity index (χ3v) is 4.56. The van der Waals surface area contributed by atoms with Crippen molar-refractivity contribution in [2.24, 2.45) is 0 Å². The number of hydrogen-bond acceptors (Lipinski definition) is 5. The lowest BCUT2D eigenvalue weighted by molar-refractivity contribution is -0.142. The van der Waals surface area contributed by atoms with Crippen molar-refractivity contribution in [3.63, 3.8) is 0 Å². The Labute approximate surface area is 151 Å². The van der Waals surface area contributed by atoms with Crippen LogP contribution in [0.3, 0.4) is 0 Å². The molecule has 1 atom stereocenters. The first-order valence-corrected chi connectivity index (χ1v) is 9.38. The normalized spacial score (nSPS) is 11.8. The van der Waals surface area contributed by atoms with Gasteiger partial charge in [0.05, 0.1) is 29.7 Å². The molecule has 134 valence electrons. The number of carbonyl (C=O) groups excluding carboxylic acids is 2. The number of thioether (sulfide) groups is 1. The number of aryl methyl sites for hydroxylation is 1. The van der Waals surface area contributed by atoms with Gasteiger partial charge in [0.2, 0.25) is 0 Å². The quantitative estimate of drug-likeness (QED) is 0.767. The second-order valence-electron chi connectivity index (χ2n) is 5.62. The number of benzene rings is 1. The Morgan fingerprint density at radius 2 is 1.96 bits per heavy atom. The van der Waals surface area contributed by atoms with E-state index >= 15 is 0 Å². The molecule has 0 aliphatic rings. The molecular formula is C18H23N3O3S. The van der Waals surface area contributed by atoms with Crippen LogP contribution in [0.15, 0.2) is 30.3 Å². The van der Waals surface area contributed by atoms with Gasteiger partial charge in [-0.2, -0.15) is 16.9 Å². The van der Waals surface area contributed by atoms with E-state index in [1.807, 2.05) is 43.5 Å². The average molecular weight is 361 g/mol. The highest BCUT2D eigenvalue weighted by atomic mass is 32.2. The molecule has 7 heteroatoms. The predicted octanol–water partition coefficient (Wildman–Crippen LogP) is 2.51. The van der Waals surface area contributed by atoms with Crippen LogP contribution < -0.4 is 5.32 Å². The second kappa shape index (κ2) is 8.71. The van der Waals surface area contributed by atoms with E-state index in [9.17, 15) is 9.59 Å². The summed E-state index contributed by atoms with van der Waals surface area (Å²) in [7, 11) is 1.32. The SMILES string of the molecule is COC(=O)[C@@H](CCSC)NC(=O)c1c(C)nn(-c2ccccc2)c1C. The van der Waals surface area contributed by atoms with Crippen LogP contribution in [0.25, 0.3) is 5.69 Å². The maximum atomic E-state index is 12.7. The number of methoxy groups -OCH3 is 1. The molecule has 0 aliphatic heterocycles. The van der Waals surface area contributed by atoms with E-state index < -0.39 is 12.0 Å². The number of carbonyl (C=O) groups is 2. The summed E-state index contributed by atoms with van der Waals surface area (Å²) in [6.07, 6.45) is 2.47. The topological polar surface area (TPSA) is 73.2 Å². The first-order valence-electron chi connectivity index (χ1n) is 7.98. The molecule has 0 saturated carbocycles. The Hall–Kier alpha value is -2.28. The smallest absolute Gasteiger partial charge is 0.328 e. The van der Waals surface area contributed by atoms with Gasteiger partial charge in [0.25, 0.3) is 5.91 Å². The monoisotopic (exact) mass is 361 g/mol. The first kappa shape index (κ1) is 19.1. The van der Waals surface area contributed by atoms with Gasteiger partial charge in [-0.1, -0.05) is 18.2 Å². The number of para-hydroxylation sites is 1. The minimum absolute atomic E-state index is 0.311. The van der Waals surface area contributed by atoms with Gasteiger partial charge in [0.1, 0.15) is 6.04 Å². The van der Waals surface area contributed by atoms with Crippen molar-refractivity contribution in [2.75, 3.05) is 19.1 Å². The van der Waals surface area contributed by atoms with Crippen LogP contribution in [0.5, 0.6) is 0 Å². The fraction of sp³-hybridized carbons (Fsp3) is 0.389. The standard InChI is InChI=1S/C18H23N3O3S/c1-12-16(13(2)21(20-12)14-8-6-5-7-9-14)17(22)19-15(10-11-25-4)18(23)24-3/h5-9,15H,10-11H2,1-4H3,(H,19,22)/t15-/m1/s1. The number of amides is 1. The maximum absolute atomic E-state index is 12.7. The van der Waals surface area contributed by atoms with E-state index in [0.29, 0.717) is 17.7 Å². The summed E-state index contributed by atoms with van der Waals surface area (Å²) < 4.78 is 6.53. The molecule has 1 N–H and O–H groups in total. The van der Waals surface area contributed by atoms with Crippen molar-refractivity contribution in [2.45, 2.75) is 26.3 Å². The van der Waals surface area contributed by atoms with Crippen molar-refractivity contribution < 1.29 is 14.3 Å². The third kappa shape index (κ3) is 4.42. The van der Waals surface area contributed by atoms with Crippen molar-refractivity contribution in [3.8, 4) is 5.69 Å². The molecule has 0 radical (unpaired) electrons. The number of nitrogens with zero attached hydrogens (tertiary/aromatic N) is 2. The fourth-order valence-corrected chi connectivity index (χ4v) is 3.12. The minimum atomic E-state index is -0.663. The summed E-state index contributed by atoms with van der Waals surface area (Å²) >= 11 is 1.61. The molecule has 2 aromatic rings. The molecule has 0 saturated heterocycles.